The van der Waals surface area contributed by atoms with E-state index in [0.29, 0.717) is 19.4 Å². The Kier molecular flexibility index (Phi) is 67.4. The van der Waals surface area contributed by atoms with E-state index in [1.54, 1.807) is 6.08 Å². The summed E-state index contributed by atoms with van der Waals surface area (Å²) in [4.78, 5) is 24.5. The van der Waals surface area contributed by atoms with E-state index < -0.39 is 12.1 Å². The molecule has 2 atom stereocenters. The van der Waals surface area contributed by atoms with Crippen molar-refractivity contribution in [2.45, 2.75) is 418 Å². The van der Waals surface area contributed by atoms with Gasteiger partial charge in [0, 0.05) is 12.8 Å². The van der Waals surface area contributed by atoms with Crippen LogP contribution in [0.1, 0.15) is 406 Å². The van der Waals surface area contributed by atoms with Crippen molar-refractivity contribution in [2.75, 3.05) is 13.2 Å². The lowest BCUT2D eigenvalue weighted by molar-refractivity contribution is -0.143. The van der Waals surface area contributed by atoms with E-state index in [-0.39, 0.29) is 18.5 Å². The van der Waals surface area contributed by atoms with Crippen molar-refractivity contribution < 1.29 is 24.5 Å². The third-order valence-electron chi connectivity index (χ3n) is 17.0. The number of aliphatic hydroxyl groups is 2. The fraction of sp³-hybridized carbons (Fsp3) is 0.918. The number of esters is 1. The molecule has 0 rings (SSSR count). The van der Waals surface area contributed by atoms with Crippen LogP contribution in [0.25, 0.3) is 0 Å². The van der Waals surface area contributed by atoms with Crippen LogP contribution < -0.4 is 5.32 Å². The molecule has 0 radical (unpaired) electrons. The lowest BCUT2D eigenvalue weighted by Crippen LogP contribution is -2.45. The summed E-state index contributed by atoms with van der Waals surface area (Å²) in [5, 5.41) is 23.1. The van der Waals surface area contributed by atoms with Crippen LogP contribution in [-0.2, 0) is 14.3 Å². The van der Waals surface area contributed by atoms with E-state index in [1.807, 2.05) is 6.08 Å². The molecule has 0 aliphatic rings. The Balaban J connectivity index is 3.30. The smallest absolute Gasteiger partial charge is 0.305 e. The van der Waals surface area contributed by atoms with Crippen LogP contribution in [0.4, 0.5) is 0 Å². The monoisotopic (exact) mass is 1110 g/mol. The highest BCUT2D eigenvalue weighted by Gasteiger charge is 2.18. The van der Waals surface area contributed by atoms with Gasteiger partial charge in [-0.1, -0.05) is 359 Å². The minimum atomic E-state index is -0.839. The highest BCUT2D eigenvalue weighted by atomic mass is 16.5. The molecule has 0 aromatic heterocycles. The van der Waals surface area contributed by atoms with Gasteiger partial charge in [-0.05, 0) is 57.8 Å². The molecule has 0 heterocycles. The van der Waals surface area contributed by atoms with Gasteiger partial charge in [-0.15, -0.1) is 0 Å². The molecule has 468 valence electrons. The van der Waals surface area contributed by atoms with Crippen LogP contribution in [0.5, 0.6) is 0 Å². The van der Waals surface area contributed by atoms with E-state index in [2.05, 4.69) is 31.3 Å². The van der Waals surface area contributed by atoms with Crippen molar-refractivity contribution in [1.82, 2.24) is 5.32 Å². The van der Waals surface area contributed by atoms with Gasteiger partial charge < -0.3 is 20.3 Å². The first kappa shape index (κ1) is 77.3. The predicted molar refractivity (Wildman–Crippen MR) is 347 cm³/mol. The number of aliphatic hydroxyl groups excluding tert-OH is 2. The van der Waals surface area contributed by atoms with Gasteiger partial charge in [-0.3, -0.25) is 9.59 Å². The quantitative estimate of drug-likeness (QED) is 0.0320. The zero-order chi connectivity index (χ0) is 57.1. The standard InChI is InChI=1S/C73H141NO5/c1-3-5-7-9-11-13-15-17-39-43-47-51-55-59-63-67-73(78)79-68-64-60-56-52-48-44-41-38-36-34-32-30-28-26-24-22-20-18-19-21-23-25-27-29-31-33-35-37-40-42-46-50-54-58-62-66-72(77)74-70(69-75)71(76)65-61-57-53-49-45-16-14-12-10-8-6-4-2/h17,39,61,65,70-71,75-76H,3-16,18-38,40-60,62-64,66-69H2,1-2H3,(H,74,77)/b39-17-,65-61+. The van der Waals surface area contributed by atoms with Gasteiger partial charge >= 0.3 is 5.97 Å². The zero-order valence-corrected chi connectivity index (χ0v) is 53.6. The highest BCUT2D eigenvalue weighted by Crippen LogP contribution is 2.19. The molecular formula is C73H141NO5. The van der Waals surface area contributed by atoms with Gasteiger partial charge in [-0.25, -0.2) is 0 Å². The van der Waals surface area contributed by atoms with E-state index in [1.165, 1.54) is 334 Å². The predicted octanol–water partition coefficient (Wildman–Crippen LogP) is 23.3. The molecule has 79 heavy (non-hydrogen) atoms. The van der Waals surface area contributed by atoms with E-state index in [0.717, 1.165) is 44.9 Å². The normalized spacial score (nSPS) is 12.6. The minimum absolute atomic E-state index is 0.0150. The van der Waals surface area contributed by atoms with Crippen molar-refractivity contribution in [3.63, 3.8) is 0 Å². The minimum Gasteiger partial charge on any atom is -0.466 e. The Morgan fingerprint density at radius 2 is 0.595 bits per heavy atom. The third-order valence-corrected chi connectivity index (χ3v) is 17.0. The molecule has 0 saturated carbocycles. The van der Waals surface area contributed by atoms with Crippen LogP contribution in [0.3, 0.4) is 0 Å². The average Bonchev–Trinajstić information content (AvgIpc) is 3.45. The Morgan fingerprint density at radius 1 is 0.342 bits per heavy atom. The van der Waals surface area contributed by atoms with Crippen LogP contribution in [0.2, 0.25) is 0 Å². The SMILES string of the molecule is CCCCCCCC/C=C\CCCCCCCC(=O)OCCCCCCCCCCCCCCCCCCCCCCCCCCCCCCCCCCCCCC(=O)NC(CO)C(O)/C=C/CCCCCCCCCCCC. The Labute approximate surface area is 494 Å². The largest absolute Gasteiger partial charge is 0.466 e. The zero-order valence-electron chi connectivity index (χ0n) is 53.6. The maximum atomic E-state index is 12.5. The van der Waals surface area contributed by atoms with Gasteiger partial charge in [0.05, 0.1) is 25.4 Å². The number of nitrogens with one attached hydrogen (secondary N) is 1. The molecule has 0 aromatic rings. The molecular weight excluding hydrogens is 971 g/mol. The summed E-state index contributed by atoms with van der Waals surface area (Å²) in [5.41, 5.74) is 0. The Bertz CT molecular complexity index is 1230. The number of ether oxygens (including phenoxy) is 1. The summed E-state index contributed by atoms with van der Waals surface area (Å²) in [6.07, 6.45) is 87.1. The van der Waals surface area contributed by atoms with Crippen molar-refractivity contribution in [2.24, 2.45) is 0 Å². The number of hydrogen-bond acceptors (Lipinski definition) is 5. The number of carbonyl (C=O) groups excluding carboxylic acids is 2. The second-order valence-electron chi connectivity index (χ2n) is 24.9. The topological polar surface area (TPSA) is 95.9 Å². The van der Waals surface area contributed by atoms with Crippen LogP contribution >= 0.6 is 0 Å². The fourth-order valence-electron chi connectivity index (χ4n) is 11.5. The van der Waals surface area contributed by atoms with Crippen molar-refractivity contribution in [3.8, 4) is 0 Å². The van der Waals surface area contributed by atoms with Crippen molar-refractivity contribution >= 4 is 11.9 Å². The average molecular weight is 1110 g/mol. The fourth-order valence-corrected chi connectivity index (χ4v) is 11.5. The first-order valence-corrected chi connectivity index (χ1v) is 36.1. The van der Waals surface area contributed by atoms with Gasteiger partial charge in [0.25, 0.3) is 0 Å². The summed E-state index contributed by atoms with van der Waals surface area (Å²) in [5.74, 6) is -0.0466. The Hall–Kier alpha value is -1.66. The number of unbranched alkanes of at least 4 members (excludes halogenated alkanes) is 55. The molecule has 0 saturated heterocycles. The molecule has 0 spiro atoms. The molecule has 0 aliphatic carbocycles. The van der Waals surface area contributed by atoms with Crippen LogP contribution in [0.15, 0.2) is 24.3 Å². The van der Waals surface area contributed by atoms with E-state index >= 15 is 0 Å². The second-order valence-corrected chi connectivity index (χ2v) is 24.9. The molecule has 2 unspecified atom stereocenters. The number of rotatable bonds is 68. The molecule has 3 N–H and O–H groups in total. The first-order valence-electron chi connectivity index (χ1n) is 36.1. The third kappa shape index (κ3) is 65.4. The first-order chi connectivity index (χ1) is 39.0. The summed E-state index contributed by atoms with van der Waals surface area (Å²) in [6.45, 7) is 4.92. The van der Waals surface area contributed by atoms with E-state index in [4.69, 9.17) is 4.74 Å². The summed E-state index contributed by atoms with van der Waals surface area (Å²) >= 11 is 0. The van der Waals surface area contributed by atoms with Gasteiger partial charge in [0.1, 0.15) is 0 Å². The van der Waals surface area contributed by atoms with Crippen LogP contribution in [0, 0.1) is 0 Å². The van der Waals surface area contributed by atoms with Crippen molar-refractivity contribution in [3.05, 3.63) is 24.3 Å². The van der Waals surface area contributed by atoms with Crippen LogP contribution in [-0.4, -0.2) is 47.4 Å². The molecule has 6 heteroatoms. The van der Waals surface area contributed by atoms with E-state index in [9.17, 15) is 19.8 Å². The molecule has 0 fully saturated rings. The maximum Gasteiger partial charge on any atom is 0.305 e. The lowest BCUT2D eigenvalue weighted by Gasteiger charge is -2.20. The highest BCUT2D eigenvalue weighted by molar-refractivity contribution is 5.76. The summed E-state index contributed by atoms with van der Waals surface area (Å²) in [6, 6.07) is -0.622. The number of amides is 1. The molecule has 0 aliphatic heterocycles. The lowest BCUT2D eigenvalue weighted by atomic mass is 10.0. The molecule has 6 nitrogen and oxygen atoms in total. The number of carbonyl (C=O) groups is 2. The van der Waals surface area contributed by atoms with Gasteiger partial charge in [-0.2, -0.15) is 0 Å². The summed E-state index contributed by atoms with van der Waals surface area (Å²) in [7, 11) is 0. The van der Waals surface area contributed by atoms with Gasteiger partial charge in [0.2, 0.25) is 5.91 Å². The summed E-state index contributed by atoms with van der Waals surface area (Å²) < 4.78 is 5.50. The second kappa shape index (κ2) is 68.8. The molecule has 1 amide bonds. The number of hydrogen-bond donors (Lipinski definition) is 3. The number of allylic oxidation sites excluding steroid dienone is 3. The molecule has 0 aromatic carbocycles. The molecule has 0 bridgehead atoms. The van der Waals surface area contributed by atoms with Crippen molar-refractivity contribution in [1.29, 1.82) is 0 Å². The maximum absolute atomic E-state index is 12.5. The Morgan fingerprint density at radius 3 is 0.899 bits per heavy atom. The van der Waals surface area contributed by atoms with Gasteiger partial charge in [0.15, 0.2) is 0 Å².